The Kier molecular flexibility index (Phi) is 4.16. The first kappa shape index (κ1) is 17.2. The molecule has 0 aliphatic heterocycles. The third kappa shape index (κ3) is 2.93. The van der Waals surface area contributed by atoms with Crippen LogP contribution in [0, 0.1) is 20.8 Å². The number of sulfonamides is 1. The topological polar surface area (TPSA) is 76.4 Å². The minimum absolute atomic E-state index is 0.111. The highest BCUT2D eigenvalue weighted by Gasteiger charge is 2.22. The fourth-order valence-electron chi connectivity index (χ4n) is 3.10. The zero-order chi connectivity index (χ0) is 18.4. The molecule has 0 radical (unpaired) electrons. The molecule has 0 amide bonds. The van der Waals surface area contributed by atoms with Gasteiger partial charge in [0.1, 0.15) is 11.3 Å². The van der Waals surface area contributed by atoms with E-state index in [1.165, 1.54) is 19.1 Å². The Labute approximate surface area is 146 Å². The molecule has 0 spiro atoms. The third-order valence-electron chi connectivity index (χ3n) is 4.25. The minimum atomic E-state index is -3.72. The molecule has 0 atom stereocenters. The molecule has 5 nitrogen and oxygen atoms in total. The highest BCUT2D eigenvalue weighted by Crippen LogP contribution is 2.36. The summed E-state index contributed by atoms with van der Waals surface area (Å²) < 4.78 is 33.7. The fourth-order valence-corrected chi connectivity index (χ4v) is 4.32. The predicted octanol–water partition coefficient (Wildman–Crippen LogP) is 4.36. The molecule has 1 N–H and O–H groups in total. The summed E-state index contributed by atoms with van der Waals surface area (Å²) in [4.78, 5) is 12.2. The van der Waals surface area contributed by atoms with Gasteiger partial charge in [-0.3, -0.25) is 9.52 Å². The second-order valence-corrected chi connectivity index (χ2v) is 7.76. The van der Waals surface area contributed by atoms with E-state index in [2.05, 4.69) is 4.72 Å². The van der Waals surface area contributed by atoms with E-state index in [0.29, 0.717) is 33.5 Å². The summed E-state index contributed by atoms with van der Waals surface area (Å²) in [6.45, 7) is 6.81. The average Bonchev–Trinajstić information content (AvgIpc) is 2.88. The van der Waals surface area contributed by atoms with E-state index in [9.17, 15) is 13.2 Å². The maximum Gasteiger partial charge on any atom is 0.261 e. The Morgan fingerprint density at radius 2 is 1.72 bits per heavy atom. The van der Waals surface area contributed by atoms with Crippen LogP contribution in [0.5, 0.6) is 0 Å². The lowest BCUT2D eigenvalue weighted by Crippen LogP contribution is -2.14. The van der Waals surface area contributed by atoms with Crippen LogP contribution in [-0.4, -0.2) is 14.2 Å². The highest BCUT2D eigenvalue weighted by atomic mass is 32.2. The Morgan fingerprint density at radius 3 is 2.32 bits per heavy atom. The molecule has 0 saturated carbocycles. The first-order valence-corrected chi connectivity index (χ1v) is 9.33. The number of aryl methyl sites for hydroxylation is 3. The Balaban J connectivity index is 2.20. The maximum atomic E-state index is 12.7. The van der Waals surface area contributed by atoms with Gasteiger partial charge in [-0.2, -0.15) is 0 Å². The van der Waals surface area contributed by atoms with E-state index in [1.807, 2.05) is 0 Å². The van der Waals surface area contributed by atoms with Crippen LogP contribution in [-0.2, 0) is 10.0 Å². The van der Waals surface area contributed by atoms with E-state index in [4.69, 9.17) is 4.42 Å². The average molecular weight is 357 g/mol. The molecule has 3 aromatic rings. The molecule has 6 heteroatoms. The minimum Gasteiger partial charge on any atom is -0.461 e. The lowest BCUT2D eigenvalue weighted by atomic mass is 9.99. The maximum absolute atomic E-state index is 12.7. The highest BCUT2D eigenvalue weighted by molar-refractivity contribution is 7.92. The number of fused-ring (bicyclic) bond motifs is 1. The Hall–Kier alpha value is -2.60. The van der Waals surface area contributed by atoms with Gasteiger partial charge in [-0.05, 0) is 57.0 Å². The summed E-state index contributed by atoms with van der Waals surface area (Å²) in [6.07, 6.45) is 0. The van der Waals surface area contributed by atoms with Crippen molar-refractivity contribution in [3.05, 3.63) is 58.8 Å². The number of Topliss-reactive ketones (excluding diaryl/α,β-unsaturated/α-hetero) is 1. The van der Waals surface area contributed by atoms with Gasteiger partial charge in [-0.25, -0.2) is 8.42 Å². The molecule has 0 unspecified atom stereocenters. The molecule has 1 heterocycles. The zero-order valence-corrected chi connectivity index (χ0v) is 15.3. The van der Waals surface area contributed by atoms with Gasteiger partial charge in [0.2, 0.25) is 0 Å². The van der Waals surface area contributed by atoms with E-state index >= 15 is 0 Å². The number of furan rings is 1. The van der Waals surface area contributed by atoms with Crippen LogP contribution in [0.15, 0.2) is 45.7 Å². The van der Waals surface area contributed by atoms with E-state index in [-0.39, 0.29) is 10.7 Å². The lowest BCUT2D eigenvalue weighted by Gasteiger charge is -2.14. The van der Waals surface area contributed by atoms with E-state index in [0.717, 1.165) is 5.56 Å². The summed E-state index contributed by atoms with van der Waals surface area (Å²) in [5, 5.41) is 0.654. The van der Waals surface area contributed by atoms with Gasteiger partial charge >= 0.3 is 0 Å². The summed E-state index contributed by atoms with van der Waals surface area (Å²) >= 11 is 0. The third-order valence-corrected chi connectivity index (χ3v) is 5.61. The molecule has 0 aliphatic carbocycles. The number of hydrogen-bond acceptors (Lipinski definition) is 4. The van der Waals surface area contributed by atoms with Crippen LogP contribution >= 0.6 is 0 Å². The molecule has 0 aliphatic rings. The zero-order valence-electron chi connectivity index (χ0n) is 14.5. The number of nitrogens with one attached hydrogen (secondary N) is 1. The van der Waals surface area contributed by atoms with Crippen molar-refractivity contribution >= 4 is 32.5 Å². The van der Waals surface area contributed by atoms with Crippen molar-refractivity contribution in [2.24, 2.45) is 0 Å². The van der Waals surface area contributed by atoms with Crippen LogP contribution in [0.1, 0.15) is 34.2 Å². The van der Waals surface area contributed by atoms with Crippen LogP contribution < -0.4 is 4.72 Å². The molecule has 0 fully saturated rings. The van der Waals surface area contributed by atoms with Crippen molar-refractivity contribution in [2.45, 2.75) is 32.6 Å². The Bertz CT molecular complexity index is 1080. The monoisotopic (exact) mass is 357 g/mol. The number of rotatable bonds is 4. The number of benzene rings is 2. The van der Waals surface area contributed by atoms with Crippen molar-refractivity contribution in [1.82, 2.24) is 0 Å². The summed E-state index contributed by atoms with van der Waals surface area (Å²) in [5.74, 6) is 0.424. The second-order valence-electron chi connectivity index (χ2n) is 6.07. The quantitative estimate of drug-likeness (QED) is 0.704. The number of anilines is 1. The van der Waals surface area contributed by atoms with Crippen LogP contribution in [0.25, 0.3) is 11.0 Å². The molecule has 0 bridgehead atoms. The van der Waals surface area contributed by atoms with E-state index < -0.39 is 10.0 Å². The van der Waals surface area contributed by atoms with E-state index in [1.54, 1.807) is 45.0 Å². The molecule has 130 valence electrons. The van der Waals surface area contributed by atoms with Crippen LogP contribution in [0.2, 0.25) is 0 Å². The first-order valence-electron chi connectivity index (χ1n) is 7.84. The number of carbonyl (C=O) groups excluding carboxylic acids is 1. The summed E-state index contributed by atoms with van der Waals surface area (Å²) in [7, 11) is -3.72. The van der Waals surface area contributed by atoms with Crippen molar-refractivity contribution in [2.75, 3.05) is 4.72 Å². The molecular weight excluding hydrogens is 338 g/mol. The molecule has 25 heavy (non-hydrogen) atoms. The van der Waals surface area contributed by atoms with Gasteiger partial charge in [0.15, 0.2) is 5.78 Å². The van der Waals surface area contributed by atoms with Crippen LogP contribution in [0.4, 0.5) is 5.69 Å². The lowest BCUT2D eigenvalue weighted by molar-refractivity contribution is 0.101. The van der Waals surface area contributed by atoms with Gasteiger partial charge in [0, 0.05) is 5.39 Å². The number of carbonyl (C=O) groups is 1. The standard InChI is InChI=1S/C19H19NO4S/c1-11-10-16-17(18(13(3)21)14(4)24-16)12(2)19(11)20-25(22,23)15-8-6-5-7-9-15/h5-10,20H,1-4H3. The second kappa shape index (κ2) is 6.04. The molecule has 3 rings (SSSR count). The number of hydrogen-bond donors (Lipinski definition) is 1. The van der Waals surface area contributed by atoms with Gasteiger partial charge in [0.05, 0.1) is 16.1 Å². The molecule has 2 aromatic carbocycles. The molecule has 0 saturated heterocycles. The summed E-state index contributed by atoms with van der Waals surface area (Å²) in [5.41, 5.74) is 2.96. The SMILES string of the molecule is CC(=O)c1c(C)oc2cc(C)c(NS(=O)(=O)c3ccccc3)c(C)c12. The fraction of sp³-hybridized carbons (Fsp3) is 0.211. The smallest absolute Gasteiger partial charge is 0.261 e. The largest absolute Gasteiger partial charge is 0.461 e. The van der Waals surface area contributed by atoms with Crippen molar-refractivity contribution < 1.29 is 17.6 Å². The van der Waals surface area contributed by atoms with Gasteiger partial charge in [-0.15, -0.1) is 0 Å². The number of ketones is 1. The summed E-state index contributed by atoms with van der Waals surface area (Å²) in [6, 6.07) is 9.93. The van der Waals surface area contributed by atoms with Crippen molar-refractivity contribution in [3.8, 4) is 0 Å². The van der Waals surface area contributed by atoms with Gasteiger partial charge in [-0.1, -0.05) is 18.2 Å². The normalized spacial score (nSPS) is 11.7. The predicted molar refractivity (Wildman–Crippen MR) is 97.7 cm³/mol. The van der Waals surface area contributed by atoms with Gasteiger partial charge < -0.3 is 4.42 Å². The first-order chi connectivity index (χ1) is 11.7. The van der Waals surface area contributed by atoms with Crippen LogP contribution in [0.3, 0.4) is 0 Å². The van der Waals surface area contributed by atoms with Crippen molar-refractivity contribution in [1.29, 1.82) is 0 Å². The molecule has 1 aromatic heterocycles. The van der Waals surface area contributed by atoms with Gasteiger partial charge in [0.25, 0.3) is 10.0 Å². The molecular formula is C19H19NO4S. The van der Waals surface area contributed by atoms with Crippen molar-refractivity contribution in [3.63, 3.8) is 0 Å². The Morgan fingerprint density at radius 1 is 1.08 bits per heavy atom.